The molecule has 1 aromatic carbocycles. The van der Waals surface area contributed by atoms with Crippen LogP contribution in [0.15, 0.2) is 30.6 Å². The molecule has 2 aromatic heterocycles. The second-order valence-electron chi connectivity index (χ2n) is 5.94. The predicted octanol–water partition coefficient (Wildman–Crippen LogP) is 3.76. The lowest BCUT2D eigenvalue weighted by Gasteiger charge is -2.27. The zero-order valence-corrected chi connectivity index (χ0v) is 14.6. The van der Waals surface area contributed by atoms with Crippen LogP contribution in [0.25, 0.3) is 22.0 Å². The molecule has 0 bridgehead atoms. The number of hydrogen-bond donors (Lipinski definition) is 2. The van der Waals surface area contributed by atoms with Crippen molar-refractivity contribution < 1.29 is 4.74 Å². The van der Waals surface area contributed by atoms with Gasteiger partial charge in [-0.2, -0.15) is 5.10 Å². The summed E-state index contributed by atoms with van der Waals surface area (Å²) in [6.45, 7) is 5.46. The van der Waals surface area contributed by atoms with Gasteiger partial charge < -0.3 is 4.74 Å². The van der Waals surface area contributed by atoms with E-state index in [0.29, 0.717) is 13.2 Å². The van der Waals surface area contributed by atoms with Crippen LogP contribution in [0.1, 0.15) is 29.8 Å². The lowest BCUT2D eigenvalue weighted by atomic mass is 9.93. The second kappa shape index (κ2) is 6.55. The highest BCUT2D eigenvalue weighted by atomic mass is 32.2. The van der Waals surface area contributed by atoms with E-state index in [1.165, 1.54) is 11.1 Å². The van der Waals surface area contributed by atoms with Crippen LogP contribution >= 0.6 is 11.9 Å². The minimum absolute atomic E-state index is 0.185. The Morgan fingerprint density at radius 1 is 1.38 bits per heavy atom. The van der Waals surface area contributed by atoms with E-state index in [9.17, 15) is 0 Å². The Kier molecular flexibility index (Phi) is 4.26. The van der Waals surface area contributed by atoms with E-state index >= 15 is 0 Å². The number of nitrogens with one attached hydrogen (secondary N) is 2. The first kappa shape index (κ1) is 15.6. The number of rotatable bonds is 4. The summed E-state index contributed by atoms with van der Waals surface area (Å²) < 4.78 is 9.31. The Morgan fingerprint density at radius 2 is 2.29 bits per heavy atom. The minimum atomic E-state index is 0.185. The first-order valence-electron chi connectivity index (χ1n) is 8.15. The van der Waals surface area contributed by atoms with Crippen LogP contribution in [-0.2, 0) is 11.3 Å². The van der Waals surface area contributed by atoms with Gasteiger partial charge in [-0.15, -0.1) is 0 Å². The molecule has 2 N–H and O–H groups in total. The molecule has 0 spiro atoms. The number of aryl methyl sites for hydroxylation is 1. The SMILES string of the molecule is CCSNC1COCc2c(-c3ccc4c(C)n[nH]c4c3)cncc21. The van der Waals surface area contributed by atoms with Crippen molar-refractivity contribution in [3.05, 3.63) is 47.4 Å². The van der Waals surface area contributed by atoms with Gasteiger partial charge in [-0.1, -0.05) is 31.0 Å². The molecule has 3 heterocycles. The molecular formula is C18H20N4OS. The van der Waals surface area contributed by atoms with E-state index in [2.05, 4.69) is 45.0 Å². The lowest BCUT2D eigenvalue weighted by molar-refractivity contribution is 0.0892. The second-order valence-corrected chi connectivity index (χ2v) is 7.04. The summed E-state index contributed by atoms with van der Waals surface area (Å²) in [6.07, 6.45) is 3.90. The maximum absolute atomic E-state index is 5.84. The van der Waals surface area contributed by atoms with Crippen molar-refractivity contribution >= 4 is 22.9 Å². The minimum Gasteiger partial charge on any atom is -0.375 e. The molecule has 124 valence electrons. The molecule has 0 saturated carbocycles. The Labute approximate surface area is 145 Å². The fourth-order valence-corrected chi connectivity index (χ4v) is 3.75. The zero-order valence-electron chi connectivity index (χ0n) is 13.8. The molecule has 1 unspecified atom stereocenters. The Morgan fingerprint density at radius 3 is 3.17 bits per heavy atom. The third-order valence-corrected chi connectivity index (χ3v) is 5.17. The molecule has 3 aromatic rings. The van der Waals surface area contributed by atoms with Crippen LogP contribution in [0.2, 0.25) is 0 Å². The average molecular weight is 340 g/mol. The van der Waals surface area contributed by atoms with Crippen molar-refractivity contribution in [2.45, 2.75) is 26.5 Å². The van der Waals surface area contributed by atoms with Gasteiger partial charge in [0.05, 0.1) is 30.5 Å². The molecule has 24 heavy (non-hydrogen) atoms. The Balaban J connectivity index is 1.77. The molecular weight excluding hydrogens is 320 g/mol. The normalized spacial score (nSPS) is 17.2. The van der Waals surface area contributed by atoms with E-state index in [-0.39, 0.29) is 6.04 Å². The maximum atomic E-state index is 5.84. The van der Waals surface area contributed by atoms with Gasteiger partial charge in [0.25, 0.3) is 0 Å². The summed E-state index contributed by atoms with van der Waals surface area (Å²) in [7, 11) is 0. The number of H-pyrrole nitrogens is 1. The van der Waals surface area contributed by atoms with Crippen molar-refractivity contribution in [1.29, 1.82) is 0 Å². The molecule has 0 fully saturated rings. The average Bonchev–Trinajstić information content (AvgIpc) is 3.00. The standard InChI is InChI=1S/C18H20N4OS/c1-3-24-22-18-10-23-9-16-14(7-19-8-15(16)18)12-4-5-13-11(2)20-21-17(13)6-12/h4-8,18,22H,3,9-10H2,1-2H3,(H,20,21). The summed E-state index contributed by atoms with van der Waals surface area (Å²) in [5.41, 5.74) is 6.81. The molecule has 6 heteroatoms. The van der Waals surface area contributed by atoms with Crippen molar-refractivity contribution in [3.63, 3.8) is 0 Å². The molecule has 0 saturated heterocycles. The first-order chi connectivity index (χ1) is 11.8. The monoisotopic (exact) mass is 340 g/mol. The van der Waals surface area contributed by atoms with Crippen LogP contribution < -0.4 is 4.72 Å². The maximum Gasteiger partial charge on any atom is 0.0728 e. The number of nitrogens with zero attached hydrogens (tertiary/aromatic N) is 2. The molecule has 1 aliphatic heterocycles. The summed E-state index contributed by atoms with van der Waals surface area (Å²) in [5, 5.41) is 8.54. The van der Waals surface area contributed by atoms with Crippen LogP contribution in [0.5, 0.6) is 0 Å². The molecule has 4 rings (SSSR count). The molecule has 1 aliphatic rings. The largest absolute Gasteiger partial charge is 0.375 e. The highest BCUT2D eigenvalue weighted by Crippen LogP contribution is 2.34. The number of fused-ring (bicyclic) bond motifs is 2. The van der Waals surface area contributed by atoms with E-state index in [4.69, 9.17) is 4.74 Å². The van der Waals surface area contributed by atoms with Gasteiger partial charge in [0.2, 0.25) is 0 Å². The van der Waals surface area contributed by atoms with E-state index in [1.807, 2.05) is 19.3 Å². The van der Waals surface area contributed by atoms with Crippen molar-refractivity contribution in [3.8, 4) is 11.1 Å². The molecule has 5 nitrogen and oxygen atoms in total. The summed E-state index contributed by atoms with van der Waals surface area (Å²) >= 11 is 1.71. The van der Waals surface area contributed by atoms with Gasteiger partial charge in [0, 0.05) is 29.1 Å². The fourth-order valence-electron chi connectivity index (χ4n) is 3.19. The number of aromatic amines is 1. The van der Waals surface area contributed by atoms with Crippen molar-refractivity contribution in [1.82, 2.24) is 19.9 Å². The quantitative estimate of drug-likeness (QED) is 0.708. The summed E-state index contributed by atoms with van der Waals surface area (Å²) in [4.78, 5) is 4.49. The molecule has 1 atom stereocenters. The number of aromatic nitrogens is 3. The molecule has 0 amide bonds. The Bertz CT molecular complexity index is 877. The van der Waals surface area contributed by atoms with E-state index < -0.39 is 0 Å². The highest BCUT2D eigenvalue weighted by Gasteiger charge is 2.23. The first-order valence-corrected chi connectivity index (χ1v) is 9.13. The van der Waals surface area contributed by atoms with Crippen LogP contribution in [0.3, 0.4) is 0 Å². The van der Waals surface area contributed by atoms with Crippen molar-refractivity contribution in [2.24, 2.45) is 0 Å². The van der Waals surface area contributed by atoms with Crippen molar-refractivity contribution in [2.75, 3.05) is 12.4 Å². The van der Waals surface area contributed by atoms with E-state index in [0.717, 1.165) is 33.5 Å². The molecule has 0 radical (unpaired) electrons. The number of hydrogen-bond acceptors (Lipinski definition) is 5. The zero-order chi connectivity index (χ0) is 16.5. The van der Waals surface area contributed by atoms with E-state index in [1.54, 1.807) is 11.9 Å². The van der Waals surface area contributed by atoms with Gasteiger partial charge in [-0.05, 0) is 29.7 Å². The smallest absolute Gasteiger partial charge is 0.0728 e. The fraction of sp³-hybridized carbons (Fsp3) is 0.333. The summed E-state index contributed by atoms with van der Waals surface area (Å²) in [5.74, 6) is 1.02. The Hall–Kier alpha value is -1.89. The number of ether oxygens (including phenoxy) is 1. The molecule has 0 aliphatic carbocycles. The van der Waals surface area contributed by atoms with Gasteiger partial charge in [0.15, 0.2) is 0 Å². The van der Waals surface area contributed by atoms with Crippen LogP contribution in [-0.4, -0.2) is 27.5 Å². The lowest BCUT2D eigenvalue weighted by Crippen LogP contribution is -2.26. The van der Waals surface area contributed by atoms with Gasteiger partial charge in [-0.25, -0.2) is 0 Å². The predicted molar refractivity (Wildman–Crippen MR) is 97.7 cm³/mol. The van der Waals surface area contributed by atoms with Crippen LogP contribution in [0.4, 0.5) is 0 Å². The topological polar surface area (TPSA) is 62.8 Å². The highest BCUT2D eigenvalue weighted by molar-refractivity contribution is 7.97. The van der Waals surface area contributed by atoms with Gasteiger partial charge in [-0.3, -0.25) is 14.8 Å². The summed E-state index contributed by atoms with van der Waals surface area (Å²) in [6, 6.07) is 6.59. The van der Waals surface area contributed by atoms with Gasteiger partial charge in [0.1, 0.15) is 0 Å². The van der Waals surface area contributed by atoms with Crippen LogP contribution in [0, 0.1) is 6.92 Å². The third-order valence-electron chi connectivity index (χ3n) is 4.43. The van der Waals surface area contributed by atoms with Gasteiger partial charge >= 0.3 is 0 Å². The number of pyridine rings is 1. The third kappa shape index (κ3) is 2.70. The number of benzene rings is 1.